The largest absolute Gasteiger partial charge is 0.374 e. The Bertz CT molecular complexity index is 255. The molecule has 1 aliphatic carbocycles. The first-order valence-corrected chi connectivity index (χ1v) is 7.12. The van der Waals surface area contributed by atoms with Gasteiger partial charge >= 0.3 is 0 Å². The summed E-state index contributed by atoms with van der Waals surface area (Å²) in [5.74, 6) is 0. The van der Waals surface area contributed by atoms with Gasteiger partial charge < -0.3 is 15.8 Å². The minimum atomic E-state index is 0.332. The van der Waals surface area contributed by atoms with E-state index in [0.717, 1.165) is 6.42 Å². The molecule has 0 bridgehead atoms. The van der Waals surface area contributed by atoms with Gasteiger partial charge in [0.15, 0.2) is 0 Å². The highest BCUT2D eigenvalue weighted by atomic mass is 16.5. The van der Waals surface area contributed by atoms with Crippen LogP contribution in [0.25, 0.3) is 0 Å². The van der Waals surface area contributed by atoms with E-state index in [4.69, 9.17) is 10.5 Å². The van der Waals surface area contributed by atoms with E-state index < -0.39 is 0 Å². The molecule has 1 heterocycles. The van der Waals surface area contributed by atoms with Crippen LogP contribution in [0.2, 0.25) is 0 Å². The van der Waals surface area contributed by atoms with Crippen molar-refractivity contribution in [1.29, 1.82) is 0 Å². The van der Waals surface area contributed by atoms with E-state index in [2.05, 4.69) is 26.1 Å². The molecule has 2 fully saturated rings. The second kappa shape index (κ2) is 5.25. The molecule has 4 unspecified atom stereocenters. The Kier molecular flexibility index (Phi) is 4.11. The minimum Gasteiger partial charge on any atom is -0.374 e. The molecule has 4 atom stereocenters. The summed E-state index contributed by atoms with van der Waals surface area (Å²) in [7, 11) is 0. The van der Waals surface area contributed by atoms with Gasteiger partial charge in [-0.25, -0.2) is 0 Å². The molecule has 0 aromatic heterocycles. The second-order valence-electron chi connectivity index (χ2n) is 6.68. The maximum atomic E-state index is 5.93. The van der Waals surface area contributed by atoms with Gasteiger partial charge in [0.25, 0.3) is 0 Å². The summed E-state index contributed by atoms with van der Waals surface area (Å²) in [6, 6.07) is 0.983. The average molecular weight is 240 g/mol. The van der Waals surface area contributed by atoms with Gasteiger partial charge in [0.05, 0.1) is 12.2 Å². The Balaban J connectivity index is 1.84. The number of nitrogens with two attached hydrogens (primary N) is 1. The van der Waals surface area contributed by atoms with Crippen molar-refractivity contribution < 1.29 is 4.74 Å². The van der Waals surface area contributed by atoms with E-state index in [1.165, 1.54) is 25.7 Å². The summed E-state index contributed by atoms with van der Waals surface area (Å²) in [6.07, 6.45) is 6.96. The lowest BCUT2D eigenvalue weighted by Crippen LogP contribution is -2.49. The van der Waals surface area contributed by atoms with Crippen LogP contribution < -0.4 is 11.1 Å². The Morgan fingerprint density at radius 1 is 1.35 bits per heavy atom. The van der Waals surface area contributed by atoms with Crippen molar-refractivity contribution in [3.05, 3.63) is 0 Å². The van der Waals surface area contributed by atoms with Crippen molar-refractivity contribution in [2.75, 3.05) is 6.54 Å². The first-order chi connectivity index (χ1) is 8.00. The molecule has 0 amide bonds. The molecule has 3 N–H and O–H groups in total. The number of nitrogens with one attached hydrogen (secondary N) is 1. The van der Waals surface area contributed by atoms with E-state index >= 15 is 0 Å². The molecule has 1 aliphatic heterocycles. The number of rotatable bonds is 4. The second-order valence-corrected chi connectivity index (χ2v) is 6.68. The highest BCUT2D eigenvalue weighted by molar-refractivity contribution is 4.91. The molecule has 0 aromatic carbocycles. The molecule has 3 heteroatoms. The third kappa shape index (κ3) is 3.43. The summed E-state index contributed by atoms with van der Waals surface area (Å²) >= 11 is 0. The lowest BCUT2D eigenvalue weighted by molar-refractivity contribution is 0.0310. The third-order valence-corrected chi connectivity index (χ3v) is 4.39. The molecule has 1 saturated carbocycles. The van der Waals surface area contributed by atoms with Crippen molar-refractivity contribution in [2.45, 2.75) is 77.2 Å². The summed E-state index contributed by atoms with van der Waals surface area (Å²) in [6.45, 7) is 7.57. The zero-order valence-corrected chi connectivity index (χ0v) is 11.5. The smallest absolute Gasteiger partial charge is 0.0745 e. The van der Waals surface area contributed by atoms with Crippen LogP contribution in [0.15, 0.2) is 0 Å². The molecule has 0 radical (unpaired) electrons. The molecular formula is C14H28N2O. The monoisotopic (exact) mass is 240 g/mol. The normalized spacial score (nSPS) is 38.5. The fourth-order valence-electron chi connectivity index (χ4n) is 3.34. The fourth-order valence-corrected chi connectivity index (χ4v) is 3.34. The predicted octanol–water partition coefficient (Wildman–Crippen LogP) is 2.05. The molecule has 0 aromatic rings. The highest BCUT2D eigenvalue weighted by Gasteiger charge is 2.35. The predicted molar refractivity (Wildman–Crippen MR) is 71.0 cm³/mol. The van der Waals surface area contributed by atoms with Crippen molar-refractivity contribution in [2.24, 2.45) is 11.1 Å². The molecule has 1 saturated heterocycles. The number of hydrogen-bond acceptors (Lipinski definition) is 3. The molecule has 0 spiro atoms. The molecule has 17 heavy (non-hydrogen) atoms. The maximum Gasteiger partial charge on any atom is 0.0745 e. The van der Waals surface area contributed by atoms with E-state index in [1.807, 2.05) is 0 Å². The first kappa shape index (κ1) is 13.3. The molecule has 2 aliphatic rings. The minimum absolute atomic E-state index is 0.332. The van der Waals surface area contributed by atoms with Gasteiger partial charge in [0.2, 0.25) is 0 Å². The van der Waals surface area contributed by atoms with E-state index in [0.29, 0.717) is 36.3 Å². The molecule has 3 nitrogen and oxygen atoms in total. The van der Waals surface area contributed by atoms with Crippen molar-refractivity contribution in [1.82, 2.24) is 5.32 Å². The van der Waals surface area contributed by atoms with Crippen LogP contribution >= 0.6 is 0 Å². The van der Waals surface area contributed by atoms with Crippen molar-refractivity contribution in [3.8, 4) is 0 Å². The summed E-state index contributed by atoms with van der Waals surface area (Å²) in [5.41, 5.74) is 6.40. The Hall–Kier alpha value is -0.120. The summed E-state index contributed by atoms with van der Waals surface area (Å²) in [4.78, 5) is 0. The number of ether oxygens (including phenoxy) is 1. The third-order valence-electron chi connectivity index (χ3n) is 4.39. The fraction of sp³-hybridized carbons (Fsp3) is 1.00. The van der Waals surface area contributed by atoms with Gasteiger partial charge in [0.1, 0.15) is 0 Å². The highest BCUT2D eigenvalue weighted by Crippen LogP contribution is 2.37. The van der Waals surface area contributed by atoms with Crippen LogP contribution in [0.3, 0.4) is 0 Å². The van der Waals surface area contributed by atoms with Gasteiger partial charge in [-0.1, -0.05) is 13.8 Å². The summed E-state index contributed by atoms with van der Waals surface area (Å²) in [5, 5.41) is 3.73. The molecular weight excluding hydrogens is 212 g/mol. The molecule has 2 rings (SSSR count). The first-order valence-electron chi connectivity index (χ1n) is 7.12. The topological polar surface area (TPSA) is 47.3 Å². The van der Waals surface area contributed by atoms with Crippen LogP contribution in [0, 0.1) is 5.41 Å². The average Bonchev–Trinajstić information content (AvgIpc) is 2.81. The van der Waals surface area contributed by atoms with Gasteiger partial charge in [-0.15, -0.1) is 0 Å². The lowest BCUT2D eigenvalue weighted by atomic mass is 9.91. The van der Waals surface area contributed by atoms with Crippen LogP contribution in [0.5, 0.6) is 0 Å². The van der Waals surface area contributed by atoms with Gasteiger partial charge in [-0.3, -0.25) is 0 Å². The van der Waals surface area contributed by atoms with E-state index in [-0.39, 0.29) is 0 Å². The van der Waals surface area contributed by atoms with Crippen LogP contribution in [-0.2, 0) is 4.74 Å². The Morgan fingerprint density at radius 3 is 2.59 bits per heavy atom. The van der Waals surface area contributed by atoms with E-state index in [9.17, 15) is 0 Å². The lowest BCUT2D eigenvalue weighted by Gasteiger charge is -2.27. The standard InChI is InChI=1S/C14H28N2O/c1-10-4-5-13(17-10)12(9-15)16-11-6-7-14(2,3)8-11/h10-13,16H,4-9,15H2,1-3H3. The zero-order valence-electron chi connectivity index (χ0n) is 11.5. The Morgan fingerprint density at radius 2 is 2.12 bits per heavy atom. The number of hydrogen-bond donors (Lipinski definition) is 2. The van der Waals surface area contributed by atoms with Crippen LogP contribution in [0.1, 0.15) is 52.9 Å². The van der Waals surface area contributed by atoms with Gasteiger partial charge in [-0.2, -0.15) is 0 Å². The van der Waals surface area contributed by atoms with Crippen molar-refractivity contribution in [3.63, 3.8) is 0 Å². The zero-order chi connectivity index (χ0) is 12.5. The van der Waals surface area contributed by atoms with Crippen LogP contribution in [-0.4, -0.2) is 30.8 Å². The maximum absolute atomic E-state index is 5.93. The van der Waals surface area contributed by atoms with Gasteiger partial charge in [-0.05, 0) is 44.4 Å². The van der Waals surface area contributed by atoms with Crippen molar-refractivity contribution >= 4 is 0 Å². The SMILES string of the molecule is CC1CCC(C(CN)NC2CCC(C)(C)C2)O1. The van der Waals surface area contributed by atoms with Crippen LogP contribution in [0.4, 0.5) is 0 Å². The van der Waals surface area contributed by atoms with E-state index in [1.54, 1.807) is 0 Å². The molecule has 100 valence electrons. The summed E-state index contributed by atoms with van der Waals surface area (Å²) < 4.78 is 5.93. The Labute approximate surface area is 105 Å². The van der Waals surface area contributed by atoms with Gasteiger partial charge in [0, 0.05) is 18.6 Å². The quantitative estimate of drug-likeness (QED) is 0.790.